The number of hydrogen-bond acceptors (Lipinski definition) is 4. The van der Waals surface area contributed by atoms with E-state index in [1.54, 1.807) is 17.9 Å². The Hall–Kier alpha value is -1.19. The van der Waals surface area contributed by atoms with Gasteiger partial charge in [0.15, 0.2) is 5.88 Å². The molecule has 0 unspecified atom stereocenters. The topological polar surface area (TPSA) is 49.8 Å². The predicted octanol–water partition coefficient (Wildman–Crippen LogP) is 0.655. The van der Waals surface area contributed by atoms with Crippen LogP contribution in [0.25, 0.3) is 0 Å². The van der Waals surface area contributed by atoms with Crippen molar-refractivity contribution in [2.24, 2.45) is 0 Å². The molecule has 0 aliphatic carbocycles. The Morgan fingerprint density at radius 2 is 2.58 bits per heavy atom. The number of esters is 1. The fourth-order valence-electron chi connectivity index (χ4n) is 1.12. The molecule has 0 aromatic rings. The number of hydrogen-bond donors (Lipinski definition) is 1. The van der Waals surface area contributed by atoms with E-state index >= 15 is 0 Å². The van der Waals surface area contributed by atoms with Gasteiger partial charge in [-0.2, -0.15) is 0 Å². The van der Waals surface area contributed by atoms with E-state index in [2.05, 4.69) is 0 Å². The van der Waals surface area contributed by atoms with Crippen molar-refractivity contribution < 1.29 is 14.6 Å². The Bertz CT molecular complexity index is 200. The van der Waals surface area contributed by atoms with Gasteiger partial charge in [0, 0.05) is 6.54 Å². The van der Waals surface area contributed by atoms with E-state index in [1.165, 1.54) is 0 Å². The van der Waals surface area contributed by atoms with E-state index in [0.29, 0.717) is 13.2 Å². The van der Waals surface area contributed by atoms with Gasteiger partial charge in [-0.1, -0.05) is 0 Å². The highest BCUT2D eigenvalue weighted by atomic mass is 16.5. The van der Waals surface area contributed by atoms with Crippen molar-refractivity contribution in [2.45, 2.75) is 13.3 Å². The van der Waals surface area contributed by atoms with Crippen LogP contribution in [0.15, 0.2) is 12.0 Å². The highest BCUT2D eigenvalue weighted by Crippen LogP contribution is 2.10. The molecule has 12 heavy (non-hydrogen) atoms. The molecular formula is C8H13NO3. The van der Waals surface area contributed by atoms with Gasteiger partial charge < -0.3 is 14.7 Å². The van der Waals surface area contributed by atoms with E-state index in [4.69, 9.17) is 4.74 Å². The molecule has 0 fully saturated rings. The minimum atomic E-state index is -0.292. The highest BCUT2D eigenvalue weighted by Gasteiger charge is 2.17. The Balaban J connectivity index is 2.31. The van der Waals surface area contributed by atoms with Gasteiger partial charge in [0.1, 0.15) is 6.54 Å². The number of carbonyl (C=O) groups excluding carboxylic acids is 1. The number of ether oxygens (including phenoxy) is 1. The molecule has 0 amide bonds. The van der Waals surface area contributed by atoms with Crippen molar-refractivity contribution in [3.05, 3.63) is 12.0 Å². The standard InChI is InChI=1S/C8H13NO3/c1-2-12-8(11)6-9-5-3-4-7(9)10/h4,10H,2-3,5-6H2,1H3. The average molecular weight is 171 g/mol. The van der Waals surface area contributed by atoms with Crippen LogP contribution in [0.4, 0.5) is 0 Å². The molecule has 68 valence electrons. The molecule has 4 heteroatoms. The van der Waals surface area contributed by atoms with Crippen LogP contribution in [0.5, 0.6) is 0 Å². The van der Waals surface area contributed by atoms with Crippen LogP contribution in [0, 0.1) is 0 Å². The predicted molar refractivity (Wildman–Crippen MR) is 43.5 cm³/mol. The minimum absolute atomic E-state index is 0.149. The number of nitrogens with zero attached hydrogens (tertiary/aromatic N) is 1. The largest absolute Gasteiger partial charge is 0.495 e. The second kappa shape index (κ2) is 3.99. The maximum Gasteiger partial charge on any atom is 0.325 e. The van der Waals surface area contributed by atoms with E-state index in [9.17, 15) is 9.90 Å². The molecular weight excluding hydrogens is 158 g/mol. The lowest BCUT2D eigenvalue weighted by Gasteiger charge is -2.16. The summed E-state index contributed by atoms with van der Waals surface area (Å²) in [6.45, 7) is 3.00. The van der Waals surface area contributed by atoms with Crippen LogP contribution in [0.3, 0.4) is 0 Å². The first-order valence-electron chi connectivity index (χ1n) is 4.03. The summed E-state index contributed by atoms with van der Waals surface area (Å²) in [7, 11) is 0. The zero-order valence-electron chi connectivity index (χ0n) is 7.12. The van der Waals surface area contributed by atoms with Crippen LogP contribution in [-0.4, -0.2) is 35.7 Å². The molecule has 1 N–H and O–H groups in total. The molecule has 0 atom stereocenters. The van der Waals surface area contributed by atoms with Gasteiger partial charge in [-0.15, -0.1) is 0 Å². The molecule has 4 nitrogen and oxygen atoms in total. The molecule has 1 aliphatic heterocycles. The first kappa shape index (κ1) is 8.90. The van der Waals surface area contributed by atoms with Crippen LogP contribution < -0.4 is 0 Å². The second-order valence-electron chi connectivity index (χ2n) is 2.58. The van der Waals surface area contributed by atoms with Gasteiger partial charge in [-0.05, 0) is 19.4 Å². The van der Waals surface area contributed by atoms with Gasteiger partial charge in [0.25, 0.3) is 0 Å². The van der Waals surface area contributed by atoms with Crippen LogP contribution in [0.1, 0.15) is 13.3 Å². The molecule has 1 heterocycles. The van der Waals surface area contributed by atoms with E-state index in [1.807, 2.05) is 0 Å². The monoisotopic (exact) mass is 171 g/mol. The fraction of sp³-hybridized carbons (Fsp3) is 0.625. The van der Waals surface area contributed by atoms with Crippen molar-refractivity contribution in [1.82, 2.24) is 4.90 Å². The normalized spacial score (nSPS) is 16.1. The summed E-state index contributed by atoms with van der Waals surface area (Å²) in [5.41, 5.74) is 0. The SMILES string of the molecule is CCOC(=O)CN1CCC=C1O. The van der Waals surface area contributed by atoms with Crippen molar-refractivity contribution in [3.8, 4) is 0 Å². The zero-order valence-corrected chi connectivity index (χ0v) is 7.12. The Morgan fingerprint density at radius 1 is 1.83 bits per heavy atom. The van der Waals surface area contributed by atoms with Gasteiger partial charge in [-0.25, -0.2) is 0 Å². The van der Waals surface area contributed by atoms with Gasteiger partial charge in [-0.3, -0.25) is 4.79 Å². The lowest BCUT2D eigenvalue weighted by molar-refractivity contribution is -0.144. The third kappa shape index (κ3) is 2.15. The zero-order chi connectivity index (χ0) is 8.97. The fourth-order valence-corrected chi connectivity index (χ4v) is 1.12. The first-order chi connectivity index (χ1) is 5.74. The van der Waals surface area contributed by atoms with Crippen molar-refractivity contribution in [2.75, 3.05) is 19.7 Å². The molecule has 0 aromatic carbocycles. The summed E-state index contributed by atoms with van der Waals surface area (Å²) in [4.78, 5) is 12.5. The maximum atomic E-state index is 10.9. The van der Waals surface area contributed by atoms with E-state index < -0.39 is 0 Å². The third-order valence-electron chi connectivity index (χ3n) is 1.68. The third-order valence-corrected chi connectivity index (χ3v) is 1.68. The van der Waals surface area contributed by atoms with Crippen molar-refractivity contribution in [1.29, 1.82) is 0 Å². The van der Waals surface area contributed by atoms with E-state index in [-0.39, 0.29) is 18.4 Å². The second-order valence-corrected chi connectivity index (χ2v) is 2.58. The highest BCUT2D eigenvalue weighted by molar-refractivity contribution is 5.71. The number of aliphatic hydroxyl groups excluding tert-OH is 1. The van der Waals surface area contributed by atoms with Crippen LogP contribution >= 0.6 is 0 Å². The lowest BCUT2D eigenvalue weighted by Crippen LogP contribution is -2.28. The smallest absolute Gasteiger partial charge is 0.325 e. The number of carbonyl (C=O) groups is 1. The Labute approximate surface area is 71.4 Å². The molecule has 1 aliphatic rings. The Morgan fingerprint density at radius 3 is 3.08 bits per heavy atom. The van der Waals surface area contributed by atoms with Gasteiger partial charge in [0.05, 0.1) is 6.61 Å². The molecule has 1 rings (SSSR count). The summed E-state index contributed by atoms with van der Waals surface area (Å²) in [6.07, 6.45) is 2.49. The summed E-state index contributed by atoms with van der Waals surface area (Å²) in [6, 6.07) is 0. The van der Waals surface area contributed by atoms with Gasteiger partial charge in [0.2, 0.25) is 0 Å². The van der Waals surface area contributed by atoms with Crippen LogP contribution in [0.2, 0.25) is 0 Å². The number of rotatable bonds is 3. The molecule has 0 bridgehead atoms. The molecule has 0 saturated heterocycles. The molecule has 0 radical (unpaired) electrons. The first-order valence-corrected chi connectivity index (χ1v) is 4.03. The summed E-state index contributed by atoms with van der Waals surface area (Å²) in [5, 5.41) is 9.19. The summed E-state index contributed by atoms with van der Waals surface area (Å²) >= 11 is 0. The Kier molecular flexibility index (Phi) is 2.96. The molecule has 0 spiro atoms. The van der Waals surface area contributed by atoms with E-state index in [0.717, 1.165) is 6.42 Å². The van der Waals surface area contributed by atoms with Crippen molar-refractivity contribution >= 4 is 5.97 Å². The molecule has 0 aromatic heterocycles. The van der Waals surface area contributed by atoms with Crippen LogP contribution in [-0.2, 0) is 9.53 Å². The maximum absolute atomic E-state index is 10.9. The quantitative estimate of drug-likeness (QED) is 0.633. The number of aliphatic hydroxyl groups is 1. The summed E-state index contributed by atoms with van der Waals surface area (Å²) < 4.78 is 4.73. The average Bonchev–Trinajstić information content (AvgIpc) is 2.37. The minimum Gasteiger partial charge on any atom is -0.495 e. The molecule has 0 saturated carbocycles. The summed E-state index contributed by atoms with van der Waals surface area (Å²) in [5.74, 6) is -0.109. The van der Waals surface area contributed by atoms with Gasteiger partial charge >= 0.3 is 5.97 Å². The van der Waals surface area contributed by atoms with Crippen molar-refractivity contribution in [3.63, 3.8) is 0 Å². The lowest BCUT2D eigenvalue weighted by atomic mass is 10.5.